The summed E-state index contributed by atoms with van der Waals surface area (Å²) in [5.41, 5.74) is 3.69. The molecular formula is C24H19N2+. The first-order valence-corrected chi connectivity index (χ1v) is 8.89. The van der Waals surface area contributed by atoms with Crippen LogP contribution in [0.25, 0.3) is 43.6 Å². The molecule has 0 aliphatic rings. The van der Waals surface area contributed by atoms with Gasteiger partial charge >= 0.3 is 0 Å². The largest absolute Gasteiger partial charge is 0.246 e. The van der Waals surface area contributed by atoms with Crippen molar-refractivity contribution in [3.8, 4) is 11.3 Å². The van der Waals surface area contributed by atoms with Crippen molar-refractivity contribution < 1.29 is 4.68 Å². The first-order valence-electron chi connectivity index (χ1n) is 8.89. The lowest BCUT2D eigenvalue weighted by atomic mass is 9.94. The minimum Gasteiger partial charge on any atom is -0.0858 e. The smallest absolute Gasteiger partial charge is 0.0858 e. The zero-order valence-electron chi connectivity index (χ0n) is 14.9. The van der Waals surface area contributed by atoms with Crippen LogP contribution in [0.3, 0.4) is 0 Å². The molecule has 5 aromatic rings. The highest BCUT2D eigenvalue weighted by molar-refractivity contribution is 6.04. The van der Waals surface area contributed by atoms with Gasteiger partial charge in [0.2, 0.25) is 5.69 Å². The predicted octanol–water partition coefficient (Wildman–Crippen LogP) is 5.34. The standard InChI is InChI=1S/C24H19N2/c1-16-21-10-6-5-7-17(21)11-12-22(16)24-23-14-19-9-4-3-8-18(19)13-20(23)15-25-26(24)2/h3-15H,1-2H3/q+1. The summed E-state index contributed by atoms with van der Waals surface area (Å²) in [7, 11) is 2.03. The SMILES string of the molecule is Cc1c(-c2c3cc4ccccc4cc3cn[n+]2C)ccc2ccccc12. The predicted molar refractivity (Wildman–Crippen MR) is 108 cm³/mol. The van der Waals surface area contributed by atoms with Gasteiger partial charge in [0.25, 0.3) is 0 Å². The fourth-order valence-corrected chi connectivity index (χ4v) is 3.95. The number of nitrogens with zero attached hydrogens (tertiary/aromatic N) is 2. The maximum atomic E-state index is 4.63. The fraction of sp³-hybridized carbons (Fsp3) is 0.0833. The zero-order chi connectivity index (χ0) is 17.7. The van der Waals surface area contributed by atoms with E-state index in [1.165, 1.54) is 43.4 Å². The molecular weight excluding hydrogens is 316 g/mol. The van der Waals surface area contributed by atoms with Crippen LogP contribution < -0.4 is 4.68 Å². The first kappa shape index (κ1) is 15.0. The van der Waals surface area contributed by atoms with E-state index >= 15 is 0 Å². The molecule has 124 valence electrons. The Morgan fingerprint density at radius 3 is 2.19 bits per heavy atom. The highest BCUT2D eigenvalue weighted by Crippen LogP contribution is 2.33. The monoisotopic (exact) mass is 335 g/mol. The van der Waals surface area contributed by atoms with Gasteiger partial charge in [-0.05, 0) is 57.3 Å². The Morgan fingerprint density at radius 1 is 0.692 bits per heavy atom. The molecule has 0 spiro atoms. The van der Waals surface area contributed by atoms with Gasteiger partial charge in [-0.3, -0.25) is 0 Å². The molecule has 1 heterocycles. The van der Waals surface area contributed by atoms with Gasteiger partial charge in [0.15, 0.2) is 7.05 Å². The van der Waals surface area contributed by atoms with Crippen LogP contribution >= 0.6 is 0 Å². The lowest BCUT2D eigenvalue weighted by Crippen LogP contribution is -2.35. The summed E-state index contributed by atoms with van der Waals surface area (Å²) in [4.78, 5) is 0. The van der Waals surface area contributed by atoms with Crippen LogP contribution in [0.1, 0.15) is 5.56 Å². The Labute approximate surface area is 152 Å². The third-order valence-corrected chi connectivity index (χ3v) is 5.32. The summed E-state index contributed by atoms with van der Waals surface area (Å²) in [6.45, 7) is 2.21. The third-order valence-electron chi connectivity index (χ3n) is 5.32. The van der Waals surface area contributed by atoms with Crippen LogP contribution in [-0.2, 0) is 7.05 Å². The maximum absolute atomic E-state index is 4.63. The Hall–Kier alpha value is -3.26. The number of hydrogen-bond donors (Lipinski definition) is 0. The van der Waals surface area contributed by atoms with Crippen LogP contribution in [0, 0.1) is 6.92 Å². The molecule has 0 bridgehead atoms. The van der Waals surface area contributed by atoms with E-state index in [4.69, 9.17) is 0 Å². The summed E-state index contributed by atoms with van der Waals surface area (Å²) in [5, 5.41) is 12.1. The molecule has 0 fully saturated rings. The average Bonchev–Trinajstić information content (AvgIpc) is 2.68. The Balaban J connectivity index is 1.90. The van der Waals surface area contributed by atoms with E-state index in [1.54, 1.807) is 0 Å². The Kier molecular flexibility index (Phi) is 3.26. The molecule has 0 aliphatic carbocycles. The van der Waals surface area contributed by atoms with Crippen molar-refractivity contribution in [2.75, 3.05) is 0 Å². The van der Waals surface area contributed by atoms with Crippen LogP contribution in [0.2, 0.25) is 0 Å². The number of benzene rings is 4. The quantitative estimate of drug-likeness (QED) is 0.298. The zero-order valence-corrected chi connectivity index (χ0v) is 14.9. The van der Waals surface area contributed by atoms with Crippen molar-refractivity contribution in [2.45, 2.75) is 6.92 Å². The summed E-state index contributed by atoms with van der Waals surface area (Å²) in [6, 6.07) is 26.0. The molecule has 0 N–H and O–H groups in total. The summed E-state index contributed by atoms with van der Waals surface area (Å²) in [6.07, 6.45) is 1.96. The Morgan fingerprint density at radius 2 is 1.38 bits per heavy atom. The molecule has 0 radical (unpaired) electrons. The van der Waals surface area contributed by atoms with E-state index in [0.717, 1.165) is 5.69 Å². The summed E-state index contributed by atoms with van der Waals surface area (Å²) in [5.74, 6) is 0. The molecule has 0 saturated carbocycles. The van der Waals surface area contributed by atoms with E-state index in [-0.39, 0.29) is 0 Å². The highest BCUT2D eigenvalue weighted by Gasteiger charge is 2.20. The van der Waals surface area contributed by atoms with E-state index < -0.39 is 0 Å². The summed E-state index contributed by atoms with van der Waals surface area (Å²) >= 11 is 0. The molecule has 4 aromatic carbocycles. The van der Waals surface area contributed by atoms with Crippen LogP contribution in [-0.4, -0.2) is 5.10 Å². The van der Waals surface area contributed by atoms with Crippen molar-refractivity contribution in [1.82, 2.24) is 5.10 Å². The molecule has 26 heavy (non-hydrogen) atoms. The van der Waals surface area contributed by atoms with Crippen LogP contribution in [0.15, 0.2) is 79.0 Å². The van der Waals surface area contributed by atoms with Crippen molar-refractivity contribution in [3.05, 3.63) is 84.6 Å². The first-order chi connectivity index (χ1) is 12.7. The third kappa shape index (κ3) is 2.19. The van der Waals surface area contributed by atoms with E-state index in [0.29, 0.717) is 0 Å². The number of fused-ring (bicyclic) bond motifs is 3. The van der Waals surface area contributed by atoms with Gasteiger partial charge < -0.3 is 0 Å². The highest BCUT2D eigenvalue weighted by atomic mass is 15.2. The normalized spacial score (nSPS) is 11.5. The molecule has 0 aliphatic heterocycles. The maximum Gasteiger partial charge on any atom is 0.246 e. The van der Waals surface area contributed by atoms with E-state index in [1.807, 2.05) is 17.9 Å². The number of aryl methyl sites for hydroxylation is 2. The fourth-order valence-electron chi connectivity index (χ4n) is 3.95. The van der Waals surface area contributed by atoms with Gasteiger partial charge in [-0.2, -0.15) is 0 Å². The van der Waals surface area contributed by atoms with Crippen molar-refractivity contribution in [3.63, 3.8) is 0 Å². The molecule has 0 amide bonds. The molecule has 0 saturated heterocycles. The molecule has 2 nitrogen and oxygen atoms in total. The van der Waals surface area contributed by atoms with Crippen LogP contribution in [0.5, 0.6) is 0 Å². The van der Waals surface area contributed by atoms with Crippen LogP contribution in [0.4, 0.5) is 0 Å². The van der Waals surface area contributed by atoms with Crippen molar-refractivity contribution >= 4 is 32.3 Å². The molecule has 1 aromatic heterocycles. The minimum atomic E-state index is 1.16. The topological polar surface area (TPSA) is 16.8 Å². The van der Waals surface area contributed by atoms with Gasteiger partial charge in [-0.25, -0.2) is 0 Å². The van der Waals surface area contributed by atoms with Gasteiger partial charge in [0.1, 0.15) is 6.20 Å². The Bertz CT molecular complexity index is 1300. The second kappa shape index (κ2) is 5.63. The van der Waals surface area contributed by atoms with Gasteiger partial charge in [0, 0.05) is 5.39 Å². The average molecular weight is 335 g/mol. The summed E-state index contributed by atoms with van der Waals surface area (Å²) < 4.78 is 1.99. The van der Waals surface area contributed by atoms with E-state index in [9.17, 15) is 0 Å². The molecule has 2 heteroatoms. The second-order valence-corrected chi connectivity index (χ2v) is 6.86. The van der Waals surface area contributed by atoms with Crippen molar-refractivity contribution in [1.29, 1.82) is 0 Å². The van der Waals surface area contributed by atoms with Gasteiger partial charge in [-0.15, -0.1) is 0 Å². The van der Waals surface area contributed by atoms with Crippen molar-refractivity contribution in [2.24, 2.45) is 7.05 Å². The second-order valence-electron chi connectivity index (χ2n) is 6.86. The molecule has 5 rings (SSSR count). The van der Waals surface area contributed by atoms with E-state index in [2.05, 4.69) is 84.8 Å². The molecule has 0 atom stereocenters. The van der Waals surface area contributed by atoms with Gasteiger partial charge in [0.05, 0.1) is 10.9 Å². The number of aromatic nitrogens is 2. The minimum absolute atomic E-state index is 1.16. The number of hydrogen-bond acceptors (Lipinski definition) is 1. The van der Waals surface area contributed by atoms with Gasteiger partial charge in [-0.1, -0.05) is 59.3 Å². The lowest BCUT2D eigenvalue weighted by molar-refractivity contribution is -0.719. The lowest BCUT2D eigenvalue weighted by Gasteiger charge is -2.10. The number of rotatable bonds is 1. The molecule has 0 unspecified atom stereocenters.